The number of methoxy groups -OCH3 is 1. The Balaban J connectivity index is 1.54. The Kier molecular flexibility index (Phi) is 9.09. The zero-order valence-electron chi connectivity index (χ0n) is 24.5. The van der Waals surface area contributed by atoms with Gasteiger partial charge >= 0.3 is 12.1 Å². The number of carbonyl (C=O) groups is 3. The van der Waals surface area contributed by atoms with Crippen molar-refractivity contribution in [2.45, 2.75) is 65.5 Å². The zero-order valence-corrected chi connectivity index (χ0v) is 24.5. The molecule has 4 rings (SSSR count). The summed E-state index contributed by atoms with van der Waals surface area (Å²) in [5.74, 6) is 0.0259. The van der Waals surface area contributed by atoms with Gasteiger partial charge in [0.05, 0.1) is 25.9 Å². The summed E-state index contributed by atoms with van der Waals surface area (Å²) in [5, 5.41) is 0. The third-order valence-electron chi connectivity index (χ3n) is 7.43. The maximum Gasteiger partial charge on any atom is 0.410 e. The highest BCUT2D eigenvalue weighted by atomic mass is 19.1. The lowest BCUT2D eigenvalue weighted by Crippen LogP contribution is -2.50. The second-order valence-corrected chi connectivity index (χ2v) is 11.5. The summed E-state index contributed by atoms with van der Waals surface area (Å²) >= 11 is 0. The van der Waals surface area contributed by atoms with Gasteiger partial charge in [-0.1, -0.05) is 12.1 Å². The quantitative estimate of drug-likeness (QED) is 0.399. The second kappa shape index (κ2) is 12.4. The molecule has 1 fully saturated rings. The topological polar surface area (TPSA) is 94.6 Å². The molecule has 2 aliphatic rings. The van der Waals surface area contributed by atoms with Gasteiger partial charge < -0.3 is 28.7 Å². The third kappa shape index (κ3) is 6.92. The molecule has 0 aromatic heterocycles. The molecule has 9 nitrogen and oxygen atoms in total. The fraction of sp³-hybridized carbons (Fsp3) is 0.516. The van der Waals surface area contributed by atoms with E-state index in [1.54, 1.807) is 57.9 Å². The first-order valence-electron chi connectivity index (χ1n) is 14.0. The largest absolute Gasteiger partial charge is 0.497 e. The molecule has 0 spiro atoms. The standard InChI is InChI=1S/C31H39FN2O7/c1-6-39-28(36)31(15-17-33(18-16-31)29(37)41-30(2,3)4)20-40-25-13-12-24(32)27-23(25)11-14-26(35)34(27)19-21-7-9-22(38-5)10-8-21/h7-10,12-13H,6,11,14-20H2,1-5H3. The lowest BCUT2D eigenvalue weighted by molar-refractivity contribution is -0.161. The minimum absolute atomic E-state index is 0.00150. The monoisotopic (exact) mass is 570 g/mol. The summed E-state index contributed by atoms with van der Waals surface area (Å²) < 4.78 is 37.6. The van der Waals surface area contributed by atoms with Crippen LogP contribution in [0.3, 0.4) is 0 Å². The second-order valence-electron chi connectivity index (χ2n) is 11.5. The number of ether oxygens (including phenoxy) is 4. The average molecular weight is 571 g/mol. The van der Waals surface area contributed by atoms with Gasteiger partial charge in [0.25, 0.3) is 0 Å². The number of nitrogens with zero attached hydrogens (tertiary/aromatic N) is 2. The van der Waals surface area contributed by atoms with Crippen molar-refractivity contribution in [3.8, 4) is 11.5 Å². The summed E-state index contributed by atoms with van der Waals surface area (Å²) in [6.07, 6.45) is 0.758. The summed E-state index contributed by atoms with van der Waals surface area (Å²) in [6.45, 7) is 8.19. The van der Waals surface area contributed by atoms with Gasteiger partial charge in [-0.3, -0.25) is 9.59 Å². The predicted molar refractivity (Wildman–Crippen MR) is 151 cm³/mol. The molecule has 0 saturated carbocycles. The number of likely N-dealkylation sites (tertiary alicyclic amines) is 1. The van der Waals surface area contributed by atoms with Crippen LogP contribution in [0.5, 0.6) is 11.5 Å². The van der Waals surface area contributed by atoms with Gasteiger partial charge in [-0.2, -0.15) is 0 Å². The molecule has 2 amide bonds. The Morgan fingerprint density at radius 3 is 2.32 bits per heavy atom. The summed E-state index contributed by atoms with van der Waals surface area (Å²) in [7, 11) is 1.58. The van der Waals surface area contributed by atoms with E-state index in [0.29, 0.717) is 49.4 Å². The smallest absolute Gasteiger partial charge is 0.410 e. The minimum Gasteiger partial charge on any atom is -0.497 e. The first kappa shape index (κ1) is 30.1. The van der Waals surface area contributed by atoms with Crippen molar-refractivity contribution in [2.24, 2.45) is 5.41 Å². The van der Waals surface area contributed by atoms with Gasteiger partial charge in [0, 0.05) is 25.1 Å². The van der Waals surface area contributed by atoms with E-state index in [2.05, 4.69) is 0 Å². The molecule has 0 N–H and O–H groups in total. The highest BCUT2D eigenvalue weighted by Gasteiger charge is 2.45. The van der Waals surface area contributed by atoms with Crippen LogP contribution in [0.4, 0.5) is 14.9 Å². The zero-order chi connectivity index (χ0) is 29.8. The van der Waals surface area contributed by atoms with E-state index >= 15 is 4.39 Å². The molecule has 0 radical (unpaired) electrons. The van der Waals surface area contributed by atoms with E-state index in [4.69, 9.17) is 18.9 Å². The van der Waals surface area contributed by atoms with Crippen LogP contribution in [0.15, 0.2) is 36.4 Å². The Labute approximate surface area is 240 Å². The summed E-state index contributed by atoms with van der Waals surface area (Å²) in [6, 6.07) is 10.1. The molecule has 1 saturated heterocycles. The number of carbonyl (C=O) groups excluding carboxylic acids is 3. The maximum absolute atomic E-state index is 15.2. The minimum atomic E-state index is -0.983. The highest BCUT2D eigenvalue weighted by molar-refractivity contribution is 5.97. The number of hydrogen-bond acceptors (Lipinski definition) is 7. The number of anilines is 1. The van der Waals surface area contributed by atoms with Crippen LogP contribution in [-0.2, 0) is 32.0 Å². The number of halogens is 1. The Morgan fingerprint density at radius 1 is 1.02 bits per heavy atom. The lowest BCUT2D eigenvalue weighted by Gasteiger charge is -2.40. The van der Waals surface area contributed by atoms with Crippen LogP contribution >= 0.6 is 0 Å². The van der Waals surface area contributed by atoms with E-state index in [1.165, 1.54) is 11.0 Å². The average Bonchev–Trinajstić information content (AvgIpc) is 2.94. The number of benzene rings is 2. The Hall–Kier alpha value is -3.82. The van der Waals surface area contributed by atoms with Crippen molar-refractivity contribution >= 4 is 23.7 Å². The van der Waals surface area contributed by atoms with E-state index in [1.807, 2.05) is 12.1 Å². The maximum atomic E-state index is 15.2. The molecule has 0 unspecified atom stereocenters. The van der Waals surface area contributed by atoms with Gasteiger partial charge in [-0.25, -0.2) is 9.18 Å². The van der Waals surface area contributed by atoms with Crippen LogP contribution in [0.25, 0.3) is 0 Å². The van der Waals surface area contributed by atoms with Crippen LogP contribution in [0.2, 0.25) is 0 Å². The van der Waals surface area contributed by atoms with Gasteiger partial charge in [0.1, 0.15) is 34.9 Å². The van der Waals surface area contributed by atoms with E-state index < -0.39 is 28.9 Å². The van der Waals surface area contributed by atoms with Crippen LogP contribution in [0.1, 0.15) is 58.1 Å². The lowest BCUT2D eigenvalue weighted by atomic mass is 9.79. The number of amides is 2. The van der Waals surface area contributed by atoms with Crippen LogP contribution < -0.4 is 14.4 Å². The van der Waals surface area contributed by atoms with Gasteiger partial charge in [0.2, 0.25) is 5.91 Å². The molecule has 10 heteroatoms. The molecule has 0 bridgehead atoms. The first-order valence-corrected chi connectivity index (χ1v) is 14.0. The molecular weight excluding hydrogens is 531 g/mol. The molecule has 2 aromatic rings. The summed E-state index contributed by atoms with van der Waals surface area (Å²) in [5.41, 5.74) is 0.00187. The van der Waals surface area contributed by atoms with Crippen molar-refractivity contribution < 1.29 is 37.7 Å². The van der Waals surface area contributed by atoms with E-state index in [9.17, 15) is 14.4 Å². The molecule has 2 aliphatic heterocycles. The van der Waals surface area contributed by atoms with Crippen LogP contribution in [0, 0.1) is 11.2 Å². The Bertz CT molecular complexity index is 1260. The highest BCUT2D eigenvalue weighted by Crippen LogP contribution is 2.40. The number of fused-ring (bicyclic) bond motifs is 1. The fourth-order valence-electron chi connectivity index (χ4n) is 5.18. The van der Waals surface area contributed by atoms with Crippen molar-refractivity contribution in [1.29, 1.82) is 0 Å². The van der Waals surface area contributed by atoms with Crippen molar-refractivity contribution in [3.63, 3.8) is 0 Å². The number of piperidine rings is 1. The number of esters is 1. The molecule has 2 heterocycles. The van der Waals surface area contributed by atoms with Crippen LogP contribution in [-0.4, -0.2) is 61.9 Å². The molecule has 2 aromatic carbocycles. The molecule has 0 atom stereocenters. The van der Waals surface area contributed by atoms with Crippen molar-refractivity contribution in [2.75, 3.05) is 38.3 Å². The molecular formula is C31H39FN2O7. The predicted octanol–water partition coefficient (Wildman–Crippen LogP) is 5.27. The van der Waals surface area contributed by atoms with E-state index in [-0.39, 0.29) is 37.8 Å². The third-order valence-corrected chi connectivity index (χ3v) is 7.43. The van der Waals surface area contributed by atoms with Gasteiger partial charge in [0.15, 0.2) is 0 Å². The Morgan fingerprint density at radius 2 is 1.71 bits per heavy atom. The van der Waals surface area contributed by atoms with Crippen molar-refractivity contribution in [3.05, 3.63) is 53.3 Å². The molecule has 41 heavy (non-hydrogen) atoms. The van der Waals surface area contributed by atoms with Crippen molar-refractivity contribution in [1.82, 2.24) is 4.90 Å². The first-order chi connectivity index (χ1) is 19.5. The SMILES string of the molecule is CCOC(=O)C1(COc2ccc(F)c3c2CCC(=O)N3Cc2ccc(OC)cc2)CCN(C(=O)OC(C)(C)C)CC1. The summed E-state index contributed by atoms with van der Waals surface area (Å²) in [4.78, 5) is 41.7. The molecule has 0 aliphatic carbocycles. The van der Waals surface area contributed by atoms with Gasteiger partial charge in [-0.05, 0) is 76.8 Å². The van der Waals surface area contributed by atoms with E-state index in [0.717, 1.165) is 5.56 Å². The van der Waals surface area contributed by atoms with Gasteiger partial charge in [-0.15, -0.1) is 0 Å². The normalized spacial score (nSPS) is 16.6. The number of hydrogen-bond donors (Lipinski definition) is 0. The molecule has 222 valence electrons. The fourth-order valence-corrected chi connectivity index (χ4v) is 5.18. The number of rotatable bonds is 8.